The number of ether oxygens (including phenoxy) is 1. The van der Waals surface area contributed by atoms with Gasteiger partial charge in [-0.2, -0.15) is 10.2 Å². The number of fused-ring (bicyclic) bond motifs is 1. The Hall–Kier alpha value is -2.08. The van der Waals surface area contributed by atoms with Crippen LogP contribution in [0.3, 0.4) is 0 Å². The molecule has 0 atom stereocenters. The molecular weight excluding hydrogens is 260 g/mol. The highest BCUT2D eigenvalue weighted by Gasteiger charge is 2.14. The van der Waals surface area contributed by atoms with E-state index in [2.05, 4.69) is 32.8 Å². The second-order valence-electron chi connectivity index (χ2n) is 4.19. The first-order valence-electron chi connectivity index (χ1n) is 5.74. The Morgan fingerprint density at radius 2 is 2.00 bits per heavy atom. The Kier molecular flexibility index (Phi) is 2.87. The zero-order valence-corrected chi connectivity index (χ0v) is 11.4. The Morgan fingerprint density at radius 3 is 2.74 bits per heavy atom. The molecule has 19 heavy (non-hydrogen) atoms. The summed E-state index contributed by atoms with van der Waals surface area (Å²) in [5.41, 5.74) is 3.54. The van der Waals surface area contributed by atoms with Gasteiger partial charge >= 0.3 is 0 Å². The van der Waals surface area contributed by atoms with Gasteiger partial charge in [-0.1, -0.05) is 6.07 Å². The number of aryl methyl sites for hydroxylation is 1. The van der Waals surface area contributed by atoms with Gasteiger partial charge in [0.05, 0.1) is 30.6 Å². The molecule has 0 aliphatic carbocycles. The van der Waals surface area contributed by atoms with E-state index >= 15 is 0 Å². The maximum absolute atomic E-state index is 5.44. The van der Waals surface area contributed by atoms with Crippen LogP contribution in [0.2, 0.25) is 0 Å². The summed E-state index contributed by atoms with van der Waals surface area (Å²) >= 11 is 4.48. The molecule has 2 aromatic heterocycles. The largest absolute Gasteiger partial charge is 0.495 e. The third-order valence-corrected chi connectivity index (χ3v) is 3.54. The topological polar surface area (TPSA) is 63.7 Å². The van der Waals surface area contributed by atoms with Gasteiger partial charge in [0, 0.05) is 4.90 Å². The molecule has 0 saturated carbocycles. The van der Waals surface area contributed by atoms with Gasteiger partial charge in [0.25, 0.3) is 0 Å². The van der Waals surface area contributed by atoms with E-state index < -0.39 is 0 Å². The Labute approximate surface area is 115 Å². The van der Waals surface area contributed by atoms with Crippen molar-refractivity contribution < 1.29 is 4.74 Å². The predicted octanol–water partition coefficient (Wildman–Crippen LogP) is 2.63. The van der Waals surface area contributed by atoms with Crippen molar-refractivity contribution in [3.8, 4) is 17.1 Å². The summed E-state index contributed by atoms with van der Waals surface area (Å²) in [7, 11) is 1.63. The van der Waals surface area contributed by atoms with E-state index in [9.17, 15) is 0 Å². The van der Waals surface area contributed by atoms with Crippen LogP contribution >= 0.6 is 12.6 Å². The van der Waals surface area contributed by atoms with Crippen LogP contribution in [0.5, 0.6) is 5.75 Å². The molecule has 0 aliphatic rings. The first-order valence-corrected chi connectivity index (χ1v) is 6.18. The van der Waals surface area contributed by atoms with Crippen molar-refractivity contribution in [1.82, 2.24) is 20.2 Å². The zero-order valence-electron chi connectivity index (χ0n) is 10.5. The van der Waals surface area contributed by atoms with E-state index in [-0.39, 0.29) is 0 Å². The molecule has 0 fully saturated rings. The lowest BCUT2D eigenvalue weighted by Crippen LogP contribution is -1.92. The van der Waals surface area contributed by atoms with Crippen molar-refractivity contribution in [3.63, 3.8) is 0 Å². The van der Waals surface area contributed by atoms with E-state index in [1.807, 2.05) is 19.1 Å². The van der Waals surface area contributed by atoms with Crippen molar-refractivity contribution >= 4 is 23.7 Å². The molecule has 0 saturated heterocycles. The predicted molar refractivity (Wildman–Crippen MR) is 75.7 cm³/mol. The second-order valence-corrected chi connectivity index (χ2v) is 4.63. The lowest BCUT2D eigenvalue weighted by atomic mass is 10.1. The van der Waals surface area contributed by atoms with Gasteiger partial charge in [-0.3, -0.25) is 0 Å². The molecule has 0 spiro atoms. The Bertz CT molecular complexity index is 720. The highest BCUT2D eigenvalue weighted by atomic mass is 32.1. The van der Waals surface area contributed by atoms with Crippen molar-refractivity contribution in [1.29, 1.82) is 0 Å². The fraction of sp³-hybridized carbons (Fsp3) is 0.154. The van der Waals surface area contributed by atoms with E-state index in [4.69, 9.17) is 4.74 Å². The average molecular weight is 272 g/mol. The molecule has 0 bridgehead atoms. The Morgan fingerprint density at radius 1 is 1.21 bits per heavy atom. The molecule has 3 aromatic rings. The van der Waals surface area contributed by atoms with Crippen molar-refractivity contribution in [2.45, 2.75) is 11.8 Å². The Balaban J connectivity index is 2.23. The number of thiol groups is 1. The van der Waals surface area contributed by atoms with Gasteiger partial charge in [-0.25, -0.2) is 4.98 Å². The van der Waals surface area contributed by atoms with Crippen LogP contribution in [0.1, 0.15) is 5.56 Å². The molecule has 96 valence electrons. The number of H-pyrrole nitrogens is 1. The van der Waals surface area contributed by atoms with Crippen LogP contribution in [0.4, 0.5) is 0 Å². The van der Waals surface area contributed by atoms with Crippen molar-refractivity contribution in [2.75, 3.05) is 7.11 Å². The lowest BCUT2D eigenvalue weighted by Gasteiger charge is -2.10. The second kappa shape index (κ2) is 4.55. The fourth-order valence-corrected chi connectivity index (χ4v) is 2.25. The molecule has 1 N–H and O–H groups in total. The summed E-state index contributed by atoms with van der Waals surface area (Å²) in [6.07, 6.45) is 3.27. The van der Waals surface area contributed by atoms with E-state index in [1.54, 1.807) is 19.5 Å². The minimum Gasteiger partial charge on any atom is -0.495 e. The monoisotopic (exact) mass is 272 g/mol. The van der Waals surface area contributed by atoms with E-state index in [1.165, 1.54) is 0 Å². The minimum atomic E-state index is 0.711. The van der Waals surface area contributed by atoms with Gasteiger partial charge in [-0.15, -0.1) is 12.6 Å². The van der Waals surface area contributed by atoms with Crippen LogP contribution in [0, 0.1) is 6.92 Å². The van der Waals surface area contributed by atoms with Gasteiger partial charge in [0.1, 0.15) is 17.1 Å². The number of nitrogens with zero attached hydrogens (tertiary/aromatic N) is 3. The molecule has 1 aromatic carbocycles. The van der Waals surface area contributed by atoms with Crippen LogP contribution in [0.15, 0.2) is 29.4 Å². The number of nitrogens with one attached hydrogen (secondary N) is 1. The molecule has 3 rings (SSSR count). The fourth-order valence-electron chi connectivity index (χ4n) is 1.97. The van der Waals surface area contributed by atoms with Crippen LogP contribution < -0.4 is 4.74 Å². The molecule has 0 radical (unpaired) electrons. The molecule has 0 aliphatic heterocycles. The lowest BCUT2D eigenvalue weighted by molar-refractivity contribution is 0.406. The number of imidazole rings is 1. The van der Waals surface area contributed by atoms with Crippen LogP contribution in [-0.4, -0.2) is 27.3 Å². The molecule has 5 nitrogen and oxygen atoms in total. The number of aromatic amines is 1. The third kappa shape index (κ3) is 1.94. The number of benzene rings is 1. The normalized spacial score (nSPS) is 10.9. The number of rotatable bonds is 2. The number of methoxy groups -OCH3 is 1. The van der Waals surface area contributed by atoms with Crippen LogP contribution in [-0.2, 0) is 0 Å². The molecule has 0 unspecified atom stereocenters. The molecule has 2 heterocycles. The summed E-state index contributed by atoms with van der Waals surface area (Å²) in [5.74, 6) is 1.43. The smallest absolute Gasteiger partial charge is 0.143 e. The first-order chi connectivity index (χ1) is 9.20. The summed E-state index contributed by atoms with van der Waals surface area (Å²) in [4.78, 5) is 8.51. The van der Waals surface area contributed by atoms with Gasteiger partial charge in [0.2, 0.25) is 0 Å². The minimum absolute atomic E-state index is 0.711. The van der Waals surface area contributed by atoms with E-state index in [0.717, 1.165) is 32.9 Å². The summed E-state index contributed by atoms with van der Waals surface area (Å²) < 4.78 is 5.44. The van der Waals surface area contributed by atoms with Gasteiger partial charge in [0.15, 0.2) is 0 Å². The molecular formula is C13H12N4OS. The number of hydrogen-bond acceptors (Lipinski definition) is 5. The van der Waals surface area contributed by atoms with Crippen molar-refractivity contribution in [2.24, 2.45) is 0 Å². The highest BCUT2D eigenvalue weighted by molar-refractivity contribution is 7.80. The third-order valence-electron chi connectivity index (χ3n) is 2.99. The average Bonchev–Trinajstić information content (AvgIpc) is 2.85. The van der Waals surface area contributed by atoms with E-state index in [0.29, 0.717) is 5.75 Å². The maximum Gasteiger partial charge on any atom is 0.143 e. The number of aromatic nitrogens is 4. The van der Waals surface area contributed by atoms with Crippen LogP contribution in [0.25, 0.3) is 22.4 Å². The number of hydrogen-bond donors (Lipinski definition) is 2. The quantitative estimate of drug-likeness (QED) is 0.704. The van der Waals surface area contributed by atoms with Crippen molar-refractivity contribution in [3.05, 3.63) is 30.1 Å². The zero-order chi connectivity index (χ0) is 13.4. The van der Waals surface area contributed by atoms with Gasteiger partial charge < -0.3 is 9.72 Å². The molecule has 6 heteroatoms. The SMILES string of the molecule is COc1c(-c2nc3cnncc3[nH]2)ccc(C)c1S. The highest BCUT2D eigenvalue weighted by Crippen LogP contribution is 2.36. The van der Waals surface area contributed by atoms with Gasteiger partial charge in [-0.05, 0) is 18.6 Å². The summed E-state index contributed by atoms with van der Waals surface area (Å²) in [5, 5.41) is 7.64. The summed E-state index contributed by atoms with van der Waals surface area (Å²) in [6.45, 7) is 1.99. The maximum atomic E-state index is 5.44. The molecule has 0 amide bonds. The standard InChI is InChI=1S/C13H12N4OS/c1-7-3-4-8(11(18-2)12(7)19)13-16-9-5-14-15-6-10(9)17-13/h3-6,19H,1-2H3,(H,16,17). The summed E-state index contributed by atoms with van der Waals surface area (Å²) in [6, 6.07) is 3.95. The first kappa shape index (κ1) is 12.0.